The summed E-state index contributed by atoms with van der Waals surface area (Å²) in [6, 6.07) is 24.2. The molecule has 2 atom stereocenters. The standard InChI is InChI=1S/C34H44N2/c1-25(2)29-19-14-20-30(26(3)4)32(29)36-34(31-21-12-13-22-35-31,23-27-15-8-7-9-16-27)24-33(5,6)28-17-10-11-18-28/h7-10,12-17,19-22,25-26,28,36H,11,18,23-24H2,1-6H3/t28-,34?/m1/s1. The summed E-state index contributed by atoms with van der Waals surface area (Å²) in [7, 11) is 0. The summed E-state index contributed by atoms with van der Waals surface area (Å²) in [5, 5.41) is 4.25. The molecule has 0 bridgehead atoms. The smallest absolute Gasteiger partial charge is 0.0841 e. The number of allylic oxidation sites excluding steroid dienone is 2. The summed E-state index contributed by atoms with van der Waals surface area (Å²) >= 11 is 0. The Morgan fingerprint density at radius 2 is 1.53 bits per heavy atom. The lowest BCUT2D eigenvalue weighted by Gasteiger charge is -2.44. The van der Waals surface area contributed by atoms with Crippen molar-refractivity contribution in [1.82, 2.24) is 4.98 Å². The first-order valence-electron chi connectivity index (χ1n) is 13.7. The minimum atomic E-state index is -0.350. The second-order valence-electron chi connectivity index (χ2n) is 12.0. The van der Waals surface area contributed by atoms with Crippen LogP contribution in [0.2, 0.25) is 0 Å². The SMILES string of the molecule is CC(C)c1cccc(C(C)C)c1NC(Cc1ccccc1)(CC(C)(C)[C@@H]1C=CCC1)c1ccccn1. The number of pyridine rings is 1. The summed E-state index contributed by atoms with van der Waals surface area (Å²) in [4.78, 5) is 5.02. The van der Waals surface area contributed by atoms with Gasteiger partial charge in [0, 0.05) is 18.3 Å². The Kier molecular flexibility index (Phi) is 8.03. The first kappa shape index (κ1) is 26.2. The van der Waals surface area contributed by atoms with E-state index in [2.05, 4.69) is 120 Å². The van der Waals surface area contributed by atoms with Crippen LogP contribution in [0.5, 0.6) is 0 Å². The van der Waals surface area contributed by atoms with Gasteiger partial charge in [0.25, 0.3) is 0 Å². The third-order valence-corrected chi connectivity index (χ3v) is 8.02. The van der Waals surface area contributed by atoms with Crippen LogP contribution < -0.4 is 5.32 Å². The molecule has 0 fully saturated rings. The highest BCUT2D eigenvalue weighted by Gasteiger charge is 2.43. The molecule has 2 heteroatoms. The summed E-state index contributed by atoms with van der Waals surface area (Å²) in [6.07, 6.45) is 11.1. The Morgan fingerprint density at radius 3 is 2.08 bits per heavy atom. The molecule has 1 unspecified atom stereocenters. The second-order valence-corrected chi connectivity index (χ2v) is 12.0. The van der Waals surface area contributed by atoms with Crippen LogP contribution in [-0.2, 0) is 12.0 Å². The van der Waals surface area contributed by atoms with Gasteiger partial charge in [0.2, 0.25) is 0 Å². The molecule has 190 valence electrons. The topological polar surface area (TPSA) is 24.9 Å². The van der Waals surface area contributed by atoms with Crippen molar-refractivity contribution in [3.05, 3.63) is 107 Å². The lowest BCUT2D eigenvalue weighted by Crippen LogP contribution is -2.44. The molecular formula is C34H44N2. The first-order chi connectivity index (χ1) is 17.2. The van der Waals surface area contributed by atoms with Gasteiger partial charge in [0.1, 0.15) is 0 Å². The number of rotatable bonds is 10. The molecule has 0 amide bonds. The molecule has 1 N–H and O–H groups in total. The van der Waals surface area contributed by atoms with Crippen molar-refractivity contribution in [2.75, 3.05) is 5.32 Å². The van der Waals surface area contributed by atoms with Gasteiger partial charge in [-0.15, -0.1) is 0 Å². The highest BCUT2D eigenvalue weighted by atomic mass is 15.0. The van der Waals surface area contributed by atoms with Crippen molar-refractivity contribution < 1.29 is 0 Å². The van der Waals surface area contributed by atoms with E-state index >= 15 is 0 Å². The lowest BCUT2D eigenvalue weighted by molar-refractivity contribution is 0.179. The lowest BCUT2D eigenvalue weighted by atomic mass is 9.67. The van der Waals surface area contributed by atoms with Crippen LogP contribution in [0, 0.1) is 11.3 Å². The quantitative estimate of drug-likeness (QED) is 0.292. The molecule has 0 radical (unpaired) electrons. The highest BCUT2D eigenvalue weighted by molar-refractivity contribution is 5.62. The maximum Gasteiger partial charge on any atom is 0.0841 e. The predicted octanol–water partition coefficient (Wildman–Crippen LogP) is 9.26. The van der Waals surface area contributed by atoms with Crippen LogP contribution in [0.3, 0.4) is 0 Å². The molecule has 0 saturated carbocycles. The number of hydrogen-bond donors (Lipinski definition) is 1. The molecule has 36 heavy (non-hydrogen) atoms. The van der Waals surface area contributed by atoms with Crippen molar-refractivity contribution in [1.29, 1.82) is 0 Å². The third-order valence-electron chi connectivity index (χ3n) is 8.02. The predicted molar refractivity (Wildman–Crippen MR) is 155 cm³/mol. The van der Waals surface area contributed by atoms with E-state index < -0.39 is 0 Å². The van der Waals surface area contributed by atoms with Crippen molar-refractivity contribution >= 4 is 5.69 Å². The van der Waals surface area contributed by atoms with Crippen molar-refractivity contribution in [3.63, 3.8) is 0 Å². The van der Waals surface area contributed by atoms with E-state index in [4.69, 9.17) is 4.98 Å². The summed E-state index contributed by atoms with van der Waals surface area (Å²) in [5.74, 6) is 1.42. The molecule has 2 aromatic carbocycles. The van der Waals surface area contributed by atoms with Crippen LogP contribution in [0.25, 0.3) is 0 Å². The molecule has 0 aliphatic heterocycles. The number of nitrogens with zero attached hydrogens (tertiary/aromatic N) is 1. The Bertz CT molecular complexity index is 1120. The molecule has 2 nitrogen and oxygen atoms in total. The van der Waals surface area contributed by atoms with Gasteiger partial charge in [-0.3, -0.25) is 4.98 Å². The molecule has 1 aromatic heterocycles. The Hall–Kier alpha value is -2.87. The van der Waals surface area contributed by atoms with Gasteiger partial charge in [-0.05, 0) is 71.3 Å². The van der Waals surface area contributed by atoms with Crippen LogP contribution in [-0.4, -0.2) is 4.98 Å². The molecule has 1 heterocycles. The first-order valence-corrected chi connectivity index (χ1v) is 13.7. The Morgan fingerprint density at radius 1 is 0.861 bits per heavy atom. The molecule has 0 spiro atoms. The number of hydrogen-bond acceptors (Lipinski definition) is 2. The second kappa shape index (κ2) is 11.0. The van der Waals surface area contributed by atoms with Crippen molar-refractivity contribution in [2.45, 2.75) is 84.6 Å². The monoisotopic (exact) mass is 480 g/mol. The maximum absolute atomic E-state index is 5.02. The number of para-hydroxylation sites is 1. The van der Waals surface area contributed by atoms with Crippen LogP contribution in [0.15, 0.2) is 85.1 Å². The zero-order valence-electron chi connectivity index (χ0n) is 23.1. The summed E-state index contributed by atoms with van der Waals surface area (Å²) in [6.45, 7) is 14.1. The van der Waals surface area contributed by atoms with Gasteiger partial charge in [-0.2, -0.15) is 0 Å². The van der Waals surface area contributed by atoms with E-state index in [1.807, 2.05) is 12.3 Å². The van der Waals surface area contributed by atoms with Gasteiger partial charge >= 0.3 is 0 Å². The number of nitrogens with one attached hydrogen (secondary N) is 1. The van der Waals surface area contributed by atoms with Gasteiger partial charge in [0.15, 0.2) is 0 Å². The molecule has 1 aliphatic rings. The summed E-state index contributed by atoms with van der Waals surface area (Å²) in [5.41, 5.74) is 6.27. The molecule has 4 rings (SSSR count). The Labute approximate surface area is 219 Å². The number of benzene rings is 2. The van der Waals surface area contributed by atoms with Gasteiger partial charge in [-0.1, -0.05) is 108 Å². The van der Waals surface area contributed by atoms with Gasteiger partial charge in [0.05, 0.1) is 11.2 Å². The highest BCUT2D eigenvalue weighted by Crippen LogP contribution is 2.48. The minimum Gasteiger partial charge on any atom is -0.373 e. The normalized spacial score (nSPS) is 17.5. The van der Waals surface area contributed by atoms with Crippen molar-refractivity contribution in [2.24, 2.45) is 11.3 Å². The zero-order valence-corrected chi connectivity index (χ0v) is 23.1. The average Bonchev–Trinajstić information content (AvgIpc) is 3.41. The maximum atomic E-state index is 5.02. The van der Waals surface area contributed by atoms with Crippen LogP contribution >= 0.6 is 0 Å². The Balaban J connectivity index is 1.92. The van der Waals surface area contributed by atoms with Crippen molar-refractivity contribution in [3.8, 4) is 0 Å². The van der Waals surface area contributed by atoms with Crippen LogP contribution in [0.1, 0.15) is 95.0 Å². The fraction of sp³-hybridized carbons (Fsp3) is 0.441. The third kappa shape index (κ3) is 5.75. The fourth-order valence-corrected chi connectivity index (χ4v) is 6.11. The average molecular weight is 481 g/mol. The number of anilines is 1. The van der Waals surface area contributed by atoms with Gasteiger partial charge < -0.3 is 5.32 Å². The van der Waals surface area contributed by atoms with E-state index in [0.29, 0.717) is 17.8 Å². The minimum absolute atomic E-state index is 0.108. The number of aromatic nitrogens is 1. The molecular weight excluding hydrogens is 436 g/mol. The largest absolute Gasteiger partial charge is 0.373 e. The van der Waals surface area contributed by atoms with E-state index in [0.717, 1.165) is 18.5 Å². The van der Waals surface area contributed by atoms with E-state index in [1.54, 1.807) is 0 Å². The van der Waals surface area contributed by atoms with Gasteiger partial charge in [-0.25, -0.2) is 0 Å². The fourth-order valence-electron chi connectivity index (χ4n) is 6.11. The van der Waals surface area contributed by atoms with E-state index in [9.17, 15) is 0 Å². The molecule has 0 saturated heterocycles. The summed E-state index contributed by atoms with van der Waals surface area (Å²) < 4.78 is 0. The van der Waals surface area contributed by atoms with E-state index in [-0.39, 0.29) is 11.0 Å². The zero-order chi connectivity index (χ0) is 25.8. The van der Waals surface area contributed by atoms with E-state index in [1.165, 1.54) is 35.2 Å². The molecule has 1 aliphatic carbocycles. The van der Waals surface area contributed by atoms with Crippen LogP contribution in [0.4, 0.5) is 5.69 Å². The molecule has 3 aromatic rings.